The van der Waals surface area contributed by atoms with E-state index in [9.17, 15) is 4.79 Å². The molecule has 2 aromatic heterocycles. The normalized spacial score (nSPS) is 14.2. The number of H-pyrrole nitrogens is 1. The summed E-state index contributed by atoms with van der Waals surface area (Å²) >= 11 is 0. The molecule has 164 valence electrons. The third kappa shape index (κ3) is 4.13. The first-order valence-corrected chi connectivity index (χ1v) is 10.8. The summed E-state index contributed by atoms with van der Waals surface area (Å²) in [4.78, 5) is 30.2. The summed E-state index contributed by atoms with van der Waals surface area (Å²) in [6, 6.07) is 15.0. The fourth-order valence-electron chi connectivity index (χ4n) is 4.28. The minimum Gasteiger partial charge on any atom is -0.490 e. The maximum Gasteiger partial charge on any atom is 0.258 e. The number of aromatic amines is 1. The molecule has 0 aliphatic carbocycles. The third-order valence-electron chi connectivity index (χ3n) is 5.98. The van der Waals surface area contributed by atoms with E-state index in [2.05, 4.69) is 30.9 Å². The highest BCUT2D eigenvalue weighted by Crippen LogP contribution is 2.30. The lowest BCUT2D eigenvalue weighted by atomic mass is 10.0. The summed E-state index contributed by atoms with van der Waals surface area (Å²) in [5, 5.41) is 9.63. The second-order valence-corrected chi connectivity index (χ2v) is 8.08. The first-order chi connectivity index (χ1) is 16.1. The molecule has 33 heavy (non-hydrogen) atoms. The van der Waals surface area contributed by atoms with E-state index in [1.165, 1.54) is 6.33 Å². The van der Waals surface area contributed by atoms with Gasteiger partial charge in [0.25, 0.3) is 5.56 Å². The van der Waals surface area contributed by atoms with Crippen LogP contribution in [0.1, 0.15) is 24.0 Å². The lowest BCUT2D eigenvalue weighted by molar-refractivity contribution is 0.170. The molecule has 0 bridgehead atoms. The van der Waals surface area contributed by atoms with Crippen molar-refractivity contribution in [3.63, 3.8) is 0 Å². The van der Waals surface area contributed by atoms with Crippen LogP contribution in [0.5, 0.6) is 5.75 Å². The van der Waals surface area contributed by atoms with Gasteiger partial charge in [-0.25, -0.2) is 15.0 Å². The Bertz CT molecular complexity index is 1420. The second-order valence-electron chi connectivity index (χ2n) is 8.08. The molecule has 5 rings (SSSR count). The highest BCUT2D eigenvalue weighted by atomic mass is 16.5. The Morgan fingerprint density at radius 2 is 1.97 bits per heavy atom. The maximum absolute atomic E-state index is 12.0. The molecule has 1 aliphatic heterocycles. The van der Waals surface area contributed by atoms with Crippen molar-refractivity contribution in [1.82, 2.24) is 19.9 Å². The van der Waals surface area contributed by atoms with Crippen molar-refractivity contribution >= 4 is 16.7 Å². The van der Waals surface area contributed by atoms with Crippen LogP contribution >= 0.6 is 0 Å². The summed E-state index contributed by atoms with van der Waals surface area (Å²) in [5.41, 5.74) is 3.80. The Hall–Kier alpha value is -4.25. The third-order valence-corrected chi connectivity index (χ3v) is 5.98. The summed E-state index contributed by atoms with van der Waals surface area (Å²) in [7, 11) is 0. The molecule has 8 nitrogen and oxygen atoms in total. The van der Waals surface area contributed by atoms with Gasteiger partial charge in [-0.15, -0.1) is 0 Å². The zero-order valence-corrected chi connectivity index (χ0v) is 18.2. The van der Waals surface area contributed by atoms with E-state index in [1.54, 1.807) is 24.5 Å². The van der Waals surface area contributed by atoms with Crippen molar-refractivity contribution in [3.05, 3.63) is 76.6 Å². The van der Waals surface area contributed by atoms with E-state index in [4.69, 9.17) is 10.00 Å². The number of nitrogens with zero attached hydrogens (tertiary/aromatic N) is 5. The Balaban J connectivity index is 1.34. The van der Waals surface area contributed by atoms with Crippen LogP contribution in [0.2, 0.25) is 0 Å². The van der Waals surface area contributed by atoms with Crippen molar-refractivity contribution in [2.45, 2.75) is 25.9 Å². The molecule has 0 amide bonds. The average Bonchev–Trinajstić information content (AvgIpc) is 2.85. The lowest BCUT2D eigenvalue weighted by Crippen LogP contribution is -2.39. The molecule has 1 saturated heterocycles. The van der Waals surface area contributed by atoms with Crippen LogP contribution in [-0.2, 0) is 0 Å². The van der Waals surface area contributed by atoms with Gasteiger partial charge in [0.05, 0.1) is 34.6 Å². The topological polar surface area (TPSA) is 108 Å². The Morgan fingerprint density at radius 3 is 2.79 bits per heavy atom. The van der Waals surface area contributed by atoms with E-state index in [1.807, 2.05) is 31.2 Å². The molecule has 1 aliphatic rings. The van der Waals surface area contributed by atoms with Gasteiger partial charge in [-0.05, 0) is 37.3 Å². The van der Waals surface area contributed by atoms with Crippen LogP contribution in [0.4, 0.5) is 5.82 Å². The number of nitrogens with one attached hydrogen (secondary N) is 1. The molecular weight excluding hydrogens is 416 g/mol. The van der Waals surface area contributed by atoms with E-state index in [-0.39, 0.29) is 11.7 Å². The monoisotopic (exact) mass is 438 g/mol. The number of rotatable bonds is 4. The van der Waals surface area contributed by atoms with Gasteiger partial charge in [-0.1, -0.05) is 12.1 Å². The molecule has 0 atom stereocenters. The molecule has 8 heteroatoms. The lowest BCUT2D eigenvalue weighted by Gasteiger charge is -2.34. The number of piperidine rings is 1. The first-order valence-electron chi connectivity index (χ1n) is 10.8. The number of anilines is 1. The second kappa shape index (κ2) is 8.71. The summed E-state index contributed by atoms with van der Waals surface area (Å²) in [6.45, 7) is 3.65. The van der Waals surface area contributed by atoms with Gasteiger partial charge in [0.2, 0.25) is 0 Å². The standard InChI is InChI=1S/C25H22N6O2/c1-16-23(18-5-6-21-22(12-18)27-14-30-25(21)32)28-15-29-24(16)31-9-7-19(8-10-31)33-20-4-2-3-17(11-20)13-26/h2-6,11-12,14-15,19H,7-10H2,1H3,(H,27,30,32). The van der Waals surface area contributed by atoms with Crippen LogP contribution in [0.15, 0.2) is 59.9 Å². The molecular formula is C25H22N6O2. The number of benzene rings is 2. The molecule has 0 unspecified atom stereocenters. The molecule has 3 heterocycles. The van der Waals surface area contributed by atoms with E-state index >= 15 is 0 Å². The van der Waals surface area contributed by atoms with E-state index in [0.717, 1.165) is 54.3 Å². The van der Waals surface area contributed by atoms with Crippen molar-refractivity contribution in [1.29, 1.82) is 5.26 Å². The number of hydrogen-bond acceptors (Lipinski definition) is 7. The smallest absolute Gasteiger partial charge is 0.258 e. The Labute approximate surface area is 190 Å². The SMILES string of the molecule is Cc1c(-c2ccc3c(=O)[nH]cnc3c2)ncnc1N1CCC(Oc2cccc(C#N)c2)CC1. The van der Waals surface area contributed by atoms with Crippen LogP contribution in [0.25, 0.3) is 22.2 Å². The van der Waals surface area contributed by atoms with Gasteiger partial charge in [-0.2, -0.15) is 5.26 Å². The molecule has 2 aromatic carbocycles. The van der Waals surface area contributed by atoms with Gasteiger partial charge in [-0.3, -0.25) is 4.79 Å². The predicted octanol–water partition coefficient (Wildman–Crippen LogP) is 3.61. The maximum atomic E-state index is 12.0. The van der Waals surface area contributed by atoms with Crippen molar-refractivity contribution in [2.24, 2.45) is 0 Å². The number of hydrogen-bond donors (Lipinski definition) is 1. The zero-order chi connectivity index (χ0) is 22.8. The van der Waals surface area contributed by atoms with E-state index in [0.29, 0.717) is 16.5 Å². The minimum absolute atomic E-state index is 0.0986. The van der Waals surface area contributed by atoms with Crippen LogP contribution in [0.3, 0.4) is 0 Å². The molecule has 0 saturated carbocycles. The molecule has 0 radical (unpaired) electrons. The van der Waals surface area contributed by atoms with Gasteiger partial charge >= 0.3 is 0 Å². The number of nitriles is 1. The summed E-state index contributed by atoms with van der Waals surface area (Å²) in [5.74, 6) is 1.64. The Morgan fingerprint density at radius 1 is 1.12 bits per heavy atom. The molecule has 0 spiro atoms. The highest BCUT2D eigenvalue weighted by molar-refractivity contribution is 5.83. The summed E-state index contributed by atoms with van der Waals surface area (Å²) in [6.07, 6.45) is 4.82. The fraction of sp³-hybridized carbons (Fsp3) is 0.240. The van der Waals surface area contributed by atoms with Crippen molar-refractivity contribution < 1.29 is 4.74 Å². The largest absolute Gasteiger partial charge is 0.490 e. The van der Waals surface area contributed by atoms with Crippen LogP contribution < -0.4 is 15.2 Å². The van der Waals surface area contributed by atoms with Gasteiger partial charge in [0.15, 0.2) is 0 Å². The van der Waals surface area contributed by atoms with Gasteiger partial charge < -0.3 is 14.6 Å². The van der Waals surface area contributed by atoms with Crippen LogP contribution in [-0.4, -0.2) is 39.1 Å². The molecule has 1 fully saturated rings. The average molecular weight is 438 g/mol. The van der Waals surface area contributed by atoms with E-state index < -0.39 is 0 Å². The number of fused-ring (bicyclic) bond motifs is 1. The zero-order valence-electron chi connectivity index (χ0n) is 18.2. The number of aromatic nitrogens is 4. The summed E-state index contributed by atoms with van der Waals surface area (Å²) < 4.78 is 6.11. The van der Waals surface area contributed by atoms with Gasteiger partial charge in [0, 0.05) is 37.1 Å². The fourth-order valence-corrected chi connectivity index (χ4v) is 4.28. The quantitative estimate of drug-likeness (QED) is 0.518. The van der Waals surface area contributed by atoms with Crippen molar-refractivity contribution in [2.75, 3.05) is 18.0 Å². The molecule has 4 aromatic rings. The van der Waals surface area contributed by atoms with Crippen molar-refractivity contribution in [3.8, 4) is 23.1 Å². The Kier molecular flexibility index (Phi) is 5.45. The predicted molar refractivity (Wildman–Crippen MR) is 125 cm³/mol. The minimum atomic E-state index is -0.156. The van der Waals surface area contributed by atoms with Crippen LogP contribution in [0, 0.1) is 18.3 Å². The number of ether oxygens (including phenoxy) is 1. The molecule has 1 N–H and O–H groups in total. The van der Waals surface area contributed by atoms with Gasteiger partial charge in [0.1, 0.15) is 24.0 Å². The first kappa shape index (κ1) is 20.6. The highest BCUT2D eigenvalue weighted by Gasteiger charge is 2.24.